The van der Waals surface area contributed by atoms with Gasteiger partial charge in [0.1, 0.15) is 0 Å². The fourth-order valence-corrected chi connectivity index (χ4v) is 2.76. The maximum Gasteiger partial charge on any atom is 0.150 e. The summed E-state index contributed by atoms with van der Waals surface area (Å²) in [5.74, 6) is 1.73. The molecule has 19 heavy (non-hydrogen) atoms. The molecule has 1 aromatic heterocycles. The van der Waals surface area contributed by atoms with Crippen molar-refractivity contribution in [2.75, 3.05) is 18.0 Å². The molecule has 1 fully saturated rings. The summed E-state index contributed by atoms with van der Waals surface area (Å²) in [4.78, 5) is 2.48. The van der Waals surface area contributed by atoms with Gasteiger partial charge in [0.05, 0.1) is 0 Å². The molecule has 1 N–H and O–H groups in total. The van der Waals surface area contributed by atoms with Gasteiger partial charge in [0.2, 0.25) is 0 Å². The summed E-state index contributed by atoms with van der Waals surface area (Å²) in [5, 5.41) is 8.32. The highest BCUT2D eigenvalue weighted by Crippen LogP contribution is 2.28. The van der Waals surface area contributed by atoms with Crippen LogP contribution in [0.15, 0.2) is 12.3 Å². The standard InChI is InChI=1S/C15H28N4/c1-11(2)12-9-16-13(15(3,4)5)10-19(12)14-7-8-18(6)17-14/h7-8,11-13,16H,9-10H2,1-6H3. The number of hydrogen-bond acceptors (Lipinski definition) is 3. The Kier molecular flexibility index (Phi) is 3.90. The van der Waals surface area contributed by atoms with E-state index >= 15 is 0 Å². The zero-order chi connectivity index (χ0) is 14.2. The third-order valence-electron chi connectivity index (χ3n) is 4.16. The van der Waals surface area contributed by atoms with Gasteiger partial charge in [0.25, 0.3) is 0 Å². The van der Waals surface area contributed by atoms with Crippen LogP contribution in [0.3, 0.4) is 0 Å². The SMILES string of the molecule is CC(C)C1CNC(C(C)(C)C)CN1c1ccn(C)n1. The monoisotopic (exact) mass is 264 g/mol. The molecule has 2 atom stereocenters. The minimum Gasteiger partial charge on any atom is -0.349 e. The number of nitrogens with one attached hydrogen (secondary N) is 1. The molecule has 0 saturated carbocycles. The second-order valence-corrected chi connectivity index (χ2v) is 7.14. The van der Waals surface area contributed by atoms with Crippen molar-refractivity contribution in [3.05, 3.63) is 12.3 Å². The largest absolute Gasteiger partial charge is 0.349 e. The zero-order valence-corrected chi connectivity index (χ0v) is 13.1. The Morgan fingerprint density at radius 3 is 2.53 bits per heavy atom. The molecule has 1 aromatic rings. The van der Waals surface area contributed by atoms with Crippen LogP contribution in [0.25, 0.3) is 0 Å². The number of aromatic nitrogens is 2. The van der Waals surface area contributed by atoms with Gasteiger partial charge in [-0.1, -0.05) is 34.6 Å². The molecule has 0 spiro atoms. The van der Waals surface area contributed by atoms with E-state index in [-0.39, 0.29) is 5.41 Å². The second-order valence-electron chi connectivity index (χ2n) is 7.14. The molecule has 2 heterocycles. The van der Waals surface area contributed by atoms with Crippen molar-refractivity contribution in [3.8, 4) is 0 Å². The van der Waals surface area contributed by atoms with E-state index in [2.05, 4.69) is 56.0 Å². The lowest BCUT2D eigenvalue weighted by atomic mass is 9.83. The van der Waals surface area contributed by atoms with Crippen molar-refractivity contribution in [3.63, 3.8) is 0 Å². The van der Waals surface area contributed by atoms with Crippen molar-refractivity contribution in [2.24, 2.45) is 18.4 Å². The van der Waals surface area contributed by atoms with E-state index in [1.54, 1.807) is 0 Å². The third-order valence-corrected chi connectivity index (χ3v) is 4.16. The minimum atomic E-state index is 0.273. The van der Waals surface area contributed by atoms with Gasteiger partial charge in [0.15, 0.2) is 5.82 Å². The molecule has 1 aliphatic rings. The van der Waals surface area contributed by atoms with E-state index in [1.165, 1.54) is 0 Å². The first-order valence-corrected chi connectivity index (χ1v) is 7.28. The summed E-state index contributed by atoms with van der Waals surface area (Å²) in [6, 6.07) is 3.15. The van der Waals surface area contributed by atoms with Crippen LogP contribution in [0.1, 0.15) is 34.6 Å². The molecule has 4 heteroatoms. The molecular weight excluding hydrogens is 236 g/mol. The second kappa shape index (κ2) is 5.16. The van der Waals surface area contributed by atoms with Gasteiger partial charge < -0.3 is 10.2 Å². The number of piperazine rings is 1. The van der Waals surface area contributed by atoms with Crippen LogP contribution in [-0.2, 0) is 7.05 Å². The van der Waals surface area contributed by atoms with Gasteiger partial charge in [-0.3, -0.25) is 4.68 Å². The van der Waals surface area contributed by atoms with Gasteiger partial charge in [-0.05, 0) is 11.3 Å². The normalized spacial score (nSPS) is 25.1. The molecule has 1 aliphatic heterocycles. The van der Waals surface area contributed by atoms with Crippen LogP contribution < -0.4 is 10.2 Å². The summed E-state index contributed by atoms with van der Waals surface area (Å²) >= 11 is 0. The lowest BCUT2D eigenvalue weighted by Crippen LogP contribution is -2.62. The van der Waals surface area contributed by atoms with E-state index in [9.17, 15) is 0 Å². The lowest BCUT2D eigenvalue weighted by Gasteiger charge is -2.46. The Hall–Kier alpha value is -1.03. The van der Waals surface area contributed by atoms with E-state index in [0.717, 1.165) is 18.9 Å². The van der Waals surface area contributed by atoms with Gasteiger partial charge in [0, 0.05) is 44.5 Å². The van der Waals surface area contributed by atoms with E-state index in [4.69, 9.17) is 0 Å². The predicted molar refractivity (Wildman–Crippen MR) is 80.4 cm³/mol. The molecule has 0 aromatic carbocycles. The smallest absolute Gasteiger partial charge is 0.150 e. The summed E-state index contributed by atoms with van der Waals surface area (Å²) in [7, 11) is 1.98. The average Bonchev–Trinajstić information content (AvgIpc) is 2.73. The maximum atomic E-state index is 4.60. The molecule has 2 unspecified atom stereocenters. The van der Waals surface area contributed by atoms with E-state index < -0.39 is 0 Å². The predicted octanol–water partition coefficient (Wildman–Crippen LogP) is 2.27. The van der Waals surface area contributed by atoms with Gasteiger partial charge >= 0.3 is 0 Å². The fourth-order valence-electron chi connectivity index (χ4n) is 2.76. The maximum absolute atomic E-state index is 4.60. The Morgan fingerprint density at radius 2 is 2.05 bits per heavy atom. The van der Waals surface area contributed by atoms with Gasteiger partial charge in [-0.25, -0.2) is 0 Å². The van der Waals surface area contributed by atoms with Gasteiger partial charge in [-0.2, -0.15) is 5.10 Å². The van der Waals surface area contributed by atoms with Crippen molar-refractivity contribution in [1.29, 1.82) is 0 Å². The van der Waals surface area contributed by atoms with Crippen molar-refractivity contribution in [1.82, 2.24) is 15.1 Å². The Labute approximate surface area is 117 Å². The van der Waals surface area contributed by atoms with E-state index in [1.807, 2.05) is 17.9 Å². The number of aryl methyl sites for hydroxylation is 1. The van der Waals surface area contributed by atoms with Crippen molar-refractivity contribution in [2.45, 2.75) is 46.7 Å². The number of nitrogens with zero attached hydrogens (tertiary/aromatic N) is 3. The number of rotatable bonds is 2. The van der Waals surface area contributed by atoms with Crippen LogP contribution in [0.5, 0.6) is 0 Å². The molecule has 108 valence electrons. The first-order valence-electron chi connectivity index (χ1n) is 7.28. The summed E-state index contributed by atoms with van der Waals surface area (Å²) in [6.45, 7) is 13.6. The highest BCUT2D eigenvalue weighted by atomic mass is 15.4. The minimum absolute atomic E-state index is 0.273. The van der Waals surface area contributed by atoms with Crippen LogP contribution in [0.2, 0.25) is 0 Å². The fraction of sp³-hybridized carbons (Fsp3) is 0.800. The first kappa shape index (κ1) is 14.4. The zero-order valence-electron chi connectivity index (χ0n) is 13.1. The van der Waals surface area contributed by atoms with Crippen LogP contribution >= 0.6 is 0 Å². The number of anilines is 1. The van der Waals surface area contributed by atoms with Gasteiger partial charge in [-0.15, -0.1) is 0 Å². The highest BCUT2D eigenvalue weighted by molar-refractivity contribution is 5.40. The molecular formula is C15H28N4. The number of hydrogen-bond donors (Lipinski definition) is 1. The van der Waals surface area contributed by atoms with Crippen LogP contribution in [0.4, 0.5) is 5.82 Å². The van der Waals surface area contributed by atoms with Crippen molar-refractivity contribution < 1.29 is 0 Å². The first-order chi connectivity index (χ1) is 8.79. The quantitative estimate of drug-likeness (QED) is 0.889. The molecule has 0 aliphatic carbocycles. The van der Waals surface area contributed by atoms with Crippen LogP contribution in [0, 0.1) is 11.3 Å². The Morgan fingerprint density at radius 1 is 1.37 bits per heavy atom. The van der Waals surface area contributed by atoms with Crippen LogP contribution in [-0.4, -0.2) is 35.0 Å². The topological polar surface area (TPSA) is 33.1 Å². The average molecular weight is 264 g/mol. The third kappa shape index (κ3) is 3.11. The Bertz CT molecular complexity index is 416. The summed E-state index contributed by atoms with van der Waals surface area (Å²) in [5.41, 5.74) is 0.273. The molecule has 2 rings (SSSR count). The molecule has 0 amide bonds. The van der Waals surface area contributed by atoms with E-state index in [0.29, 0.717) is 18.0 Å². The lowest BCUT2D eigenvalue weighted by molar-refractivity contribution is 0.220. The molecule has 0 radical (unpaired) electrons. The summed E-state index contributed by atoms with van der Waals surface area (Å²) in [6.07, 6.45) is 2.03. The molecule has 1 saturated heterocycles. The molecule has 4 nitrogen and oxygen atoms in total. The Balaban J connectivity index is 2.23. The van der Waals surface area contributed by atoms with Crippen molar-refractivity contribution >= 4 is 5.82 Å². The highest BCUT2D eigenvalue weighted by Gasteiger charge is 2.36. The molecule has 0 bridgehead atoms. The summed E-state index contributed by atoms with van der Waals surface area (Å²) < 4.78 is 1.89.